The van der Waals surface area contributed by atoms with E-state index in [0.29, 0.717) is 30.4 Å². The molecule has 0 aliphatic carbocycles. The molecule has 0 unspecified atom stereocenters. The summed E-state index contributed by atoms with van der Waals surface area (Å²) < 4.78 is 0. The van der Waals surface area contributed by atoms with E-state index >= 15 is 0 Å². The number of hydrogen-bond acceptors (Lipinski definition) is 5. The van der Waals surface area contributed by atoms with Crippen LogP contribution in [0.15, 0.2) is 54.6 Å². The summed E-state index contributed by atoms with van der Waals surface area (Å²) in [7, 11) is 0. The van der Waals surface area contributed by atoms with Gasteiger partial charge in [-0.1, -0.05) is 18.2 Å². The van der Waals surface area contributed by atoms with Crippen molar-refractivity contribution >= 4 is 35.0 Å². The lowest BCUT2D eigenvalue weighted by Gasteiger charge is -2.30. The minimum Gasteiger partial charge on any atom is -0.342 e. The van der Waals surface area contributed by atoms with Gasteiger partial charge in [0.2, 0.25) is 5.91 Å². The molecule has 0 saturated carbocycles. The topological polar surface area (TPSA) is 111 Å². The van der Waals surface area contributed by atoms with Crippen molar-refractivity contribution in [2.45, 2.75) is 18.8 Å². The highest BCUT2D eigenvalue weighted by molar-refractivity contribution is 5.92. The molecule has 3 aromatic rings. The first kappa shape index (κ1) is 20.5. The van der Waals surface area contributed by atoms with Crippen LogP contribution in [0.25, 0.3) is 23.2 Å². The van der Waals surface area contributed by atoms with E-state index in [9.17, 15) is 9.59 Å². The van der Waals surface area contributed by atoms with Crippen LogP contribution in [0.2, 0.25) is 0 Å². The number of nitrogens with zero attached hydrogens (tertiary/aromatic N) is 3. The zero-order chi connectivity index (χ0) is 21.6. The second kappa shape index (κ2) is 9.36. The van der Waals surface area contributed by atoms with Crippen molar-refractivity contribution < 1.29 is 14.8 Å². The summed E-state index contributed by atoms with van der Waals surface area (Å²) >= 11 is 0. The fraction of sp³-hybridized carbons (Fsp3) is 0.217. The Kier molecular flexibility index (Phi) is 6.18. The number of H-pyrrole nitrogens is 1. The summed E-state index contributed by atoms with van der Waals surface area (Å²) in [6.07, 6.45) is 7.57. The number of likely N-dealkylation sites (tertiary alicyclic amines) is 1. The van der Waals surface area contributed by atoms with E-state index in [2.05, 4.69) is 9.97 Å². The van der Waals surface area contributed by atoms with Crippen molar-refractivity contribution in [3.63, 3.8) is 0 Å². The first-order valence-electron chi connectivity index (χ1n) is 10.1. The Hall–Kier alpha value is -3.78. The van der Waals surface area contributed by atoms with E-state index in [1.54, 1.807) is 24.3 Å². The number of hydrogen-bond donors (Lipinski definition) is 3. The Morgan fingerprint density at radius 1 is 1.00 bits per heavy atom. The lowest BCUT2D eigenvalue weighted by molar-refractivity contribution is -0.127. The fourth-order valence-electron chi connectivity index (χ4n) is 3.65. The second-order valence-corrected chi connectivity index (χ2v) is 7.37. The Bertz CT molecular complexity index is 1110. The van der Waals surface area contributed by atoms with Gasteiger partial charge in [0.1, 0.15) is 5.82 Å². The van der Waals surface area contributed by atoms with E-state index in [-0.39, 0.29) is 5.91 Å². The summed E-state index contributed by atoms with van der Waals surface area (Å²) in [5.74, 6) is 0.629. The monoisotopic (exact) mass is 417 g/mol. The van der Waals surface area contributed by atoms with Gasteiger partial charge in [0, 0.05) is 31.2 Å². The fourth-order valence-corrected chi connectivity index (χ4v) is 3.65. The molecule has 1 aromatic carbocycles. The van der Waals surface area contributed by atoms with Crippen molar-refractivity contribution in [1.82, 2.24) is 25.3 Å². The molecule has 31 heavy (non-hydrogen) atoms. The van der Waals surface area contributed by atoms with Crippen LogP contribution in [0.5, 0.6) is 0 Å². The number of para-hydroxylation sites is 2. The summed E-state index contributed by atoms with van der Waals surface area (Å²) in [6.45, 7) is 1.36. The van der Waals surface area contributed by atoms with Crippen molar-refractivity contribution in [2.24, 2.45) is 0 Å². The maximum Gasteiger partial charge on any atom is 0.267 e. The van der Waals surface area contributed by atoms with Gasteiger partial charge in [-0.3, -0.25) is 14.8 Å². The number of fused-ring (bicyclic) bond motifs is 1. The smallest absolute Gasteiger partial charge is 0.267 e. The van der Waals surface area contributed by atoms with Crippen LogP contribution in [0.3, 0.4) is 0 Å². The summed E-state index contributed by atoms with van der Waals surface area (Å²) in [5, 5.41) is 8.52. The van der Waals surface area contributed by atoms with E-state index < -0.39 is 5.91 Å². The third-order valence-corrected chi connectivity index (χ3v) is 5.31. The average molecular weight is 417 g/mol. The van der Waals surface area contributed by atoms with Gasteiger partial charge < -0.3 is 9.88 Å². The number of pyridine rings is 1. The maximum absolute atomic E-state index is 12.6. The highest BCUT2D eigenvalue weighted by Gasteiger charge is 2.24. The van der Waals surface area contributed by atoms with E-state index in [0.717, 1.165) is 29.7 Å². The number of benzene rings is 1. The summed E-state index contributed by atoms with van der Waals surface area (Å²) in [4.78, 5) is 37.9. The normalized spacial score (nSPS) is 15.2. The number of amides is 2. The van der Waals surface area contributed by atoms with E-state index in [1.807, 2.05) is 29.2 Å². The lowest BCUT2D eigenvalue weighted by Crippen LogP contribution is -2.37. The molecule has 0 bridgehead atoms. The van der Waals surface area contributed by atoms with Crippen LogP contribution in [-0.4, -0.2) is 50.0 Å². The van der Waals surface area contributed by atoms with Crippen LogP contribution in [0.1, 0.15) is 36.0 Å². The molecule has 1 fully saturated rings. The number of imidazole rings is 1. The number of aromatic nitrogens is 3. The molecule has 8 heteroatoms. The van der Waals surface area contributed by atoms with Crippen LogP contribution < -0.4 is 5.48 Å². The molecule has 3 N–H and O–H groups in total. The highest BCUT2D eigenvalue weighted by atomic mass is 16.5. The van der Waals surface area contributed by atoms with Crippen molar-refractivity contribution in [3.8, 4) is 0 Å². The standard InChI is InChI=1S/C23H23N5O3/c29-21(27-31)10-8-17-4-3-5-18(24-17)9-11-22(30)28-14-12-16(13-15-28)23-25-19-6-1-2-7-20(19)26-23/h1-11,16,31H,12-15H2,(H,25,26)(H,27,29). The largest absolute Gasteiger partial charge is 0.342 e. The van der Waals surface area contributed by atoms with Crippen molar-refractivity contribution in [3.05, 3.63) is 71.8 Å². The minimum absolute atomic E-state index is 0.0505. The zero-order valence-corrected chi connectivity index (χ0v) is 16.9. The van der Waals surface area contributed by atoms with Gasteiger partial charge in [-0.05, 0) is 49.3 Å². The number of nitrogens with one attached hydrogen (secondary N) is 2. The third kappa shape index (κ3) is 5.04. The molecule has 0 spiro atoms. The van der Waals surface area contributed by atoms with Gasteiger partial charge >= 0.3 is 0 Å². The quantitative estimate of drug-likeness (QED) is 0.336. The summed E-state index contributed by atoms with van der Waals surface area (Å²) in [6, 6.07) is 13.3. The molecule has 2 amide bonds. The Morgan fingerprint density at radius 3 is 2.42 bits per heavy atom. The van der Waals surface area contributed by atoms with Crippen LogP contribution >= 0.6 is 0 Å². The molecule has 158 valence electrons. The number of piperidine rings is 1. The van der Waals surface area contributed by atoms with Gasteiger partial charge in [-0.25, -0.2) is 15.4 Å². The Labute approximate surface area is 179 Å². The zero-order valence-electron chi connectivity index (χ0n) is 16.9. The van der Waals surface area contributed by atoms with Crippen LogP contribution in [-0.2, 0) is 9.59 Å². The molecular formula is C23H23N5O3. The predicted octanol–water partition coefficient (Wildman–Crippen LogP) is 2.90. The Morgan fingerprint density at radius 2 is 1.71 bits per heavy atom. The average Bonchev–Trinajstić information content (AvgIpc) is 3.26. The van der Waals surface area contributed by atoms with Gasteiger partial charge in [0.05, 0.1) is 22.4 Å². The van der Waals surface area contributed by atoms with Gasteiger partial charge in [0.25, 0.3) is 5.91 Å². The number of aromatic amines is 1. The lowest BCUT2D eigenvalue weighted by atomic mass is 9.96. The molecular weight excluding hydrogens is 394 g/mol. The number of carbonyl (C=O) groups excluding carboxylic acids is 2. The molecule has 2 aromatic heterocycles. The van der Waals surface area contributed by atoms with Crippen LogP contribution in [0, 0.1) is 0 Å². The second-order valence-electron chi connectivity index (χ2n) is 7.37. The maximum atomic E-state index is 12.6. The van der Waals surface area contributed by atoms with Crippen molar-refractivity contribution in [1.29, 1.82) is 0 Å². The number of hydroxylamine groups is 1. The first-order valence-corrected chi connectivity index (χ1v) is 10.1. The molecule has 4 rings (SSSR count). The first-order chi connectivity index (χ1) is 15.1. The van der Waals surface area contributed by atoms with E-state index in [1.165, 1.54) is 23.7 Å². The van der Waals surface area contributed by atoms with Crippen LogP contribution in [0.4, 0.5) is 0 Å². The third-order valence-electron chi connectivity index (χ3n) is 5.31. The number of carbonyl (C=O) groups is 2. The SMILES string of the molecule is O=C(C=Cc1cccc(C=CC(=O)N2CCC(c3nc4ccccc4[nH]3)CC2)n1)NO. The molecule has 8 nitrogen and oxygen atoms in total. The molecule has 0 radical (unpaired) electrons. The minimum atomic E-state index is -0.635. The van der Waals surface area contributed by atoms with Gasteiger partial charge in [-0.15, -0.1) is 0 Å². The Balaban J connectivity index is 1.34. The van der Waals surface area contributed by atoms with Gasteiger partial charge in [-0.2, -0.15) is 0 Å². The molecule has 1 saturated heterocycles. The van der Waals surface area contributed by atoms with Gasteiger partial charge in [0.15, 0.2) is 0 Å². The predicted molar refractivity (Wildman–Crippen MR) is 117 cm³/mol. The molecule has 1 aliphatic heterocycles. The molecule has 3 heterocycles. The molecule has 0 atom stereocenters. The van der Waals surface area contributed by atoms with E-state index in [4.69, 9.17) is 10.2 Å². The highest BCUT2D eigenvalue weighted by Crippen LogP contribution is 2.27. The van der Waals surface area contributed by atoms with Crippen molar-refractivity contribution in [2.75, 3.05) is 13.1 Å². The summed E-state index contributed by atoms with van der Waals surface area (Å²) in [5.41, 5.74) is 4.69. The molecule has 1 aliphatic rings. The number of rotatable bonds is 5.